The van der Waals surface area contributed by atoms with Gasteiger partial charge in [0.25, 0.3) is 0 Å². The van der Waals surface area contributed by atoms with Gasteiger partial charge >= 0.3 is 0 Å². The van der Waals surface area contributed by atoms with E-state index in [9.17, 15) is 0 Å². The number of anilines is 1. The molecule has 1 aliphatic heterocycles. The van der Waals surface area contributed by atoms with Crippen molar-refractivity contribution >= 4 is 5.82 Å². The van der Waals surface area contributed by atoms with Crippen LogP contribution in [0, 0.1) is 0 Å². The molecule has 0 saturated carbocycles. The molecule has 0 unspecified atom stereocenters. The number of aromatic nitrogens is 4. The second kappa shape index (κ2) is 7.31. The van der Waals surface area contributed by atoms with Crippen molar-refractivity contribution in [3.05, 3.63) is 30.0 Å². The molecule has 1 fully saturated rings. The van der Waals surface area contributed by atoms with Crippen LogP contribution in [-0.2, 0) is 13.0 Å². The molecule has 3 rings (SSSR count). The molecule has 7 nitrogen and oxygen atoms in total. The first kappa shape index (κ1) is 14.9. The summed E-state index contributed by atoms with van der Waals surface area (Å²) >= 11 is 0. The molecule has 2 aromatic rings. The standard InChI is InChI=1S/C15H22N6O/c1-2-5-15-18-13(20-22-15)11-16-10-12-6-4-9-21(12)14-7-3-8-17-19-14/h3,7-8,12,16H,2,4-6,9-11H2,1H3/t12-/m1/s1. The van der Waals surface area contributed by atoms with Crippen LogP contribution < -0.4 is 10.2 Å². The molecule has 2 aromatic heterocycles. The summed E-state index contributed by atoms with van der Waals surface area (Å²) in [6.45, 7) is 4.66. The summed E-state index contributed by atoms with van der Waals surface area (Å²) in [5.41, 5.74) is 0. The van der Waals surface area contributed by atoms with Crippen LogP contribution in [0.5, 0.6) is 0 Å². The van der Waals surface area contributed by atoms with E-state index in [-0.39, 0.29) is 0 Å². The van der Waals surface area contributed by atoms with Crippen LogP contribution in [0.25, 0.3) is 0 Å². The zero-order chi connectivity index (χ0) is 15.2. The lowest BCUT2D eigenvalue weighted by molar-refractivity contribution is 0.370. The third kappa shape index (κ3) is 3.59. The maximum absolute atomic E-state index is 5.19. The third-order valence-corrected chi connectivity index (χ3v) is 3.87. The Hall–Kier alpha value is -2.02. The summed E-state index contributed by atoms with van der Waals surface area (Å²) in [7, 11) is 0. The first-order chi connectivity index (χ1) is 10.9. The smallest absolute Gasteiger partial charge is 0.226 e. The van der Waals surface area contributed by atoms with Gasteiger partial charge in [0.15, 0.2) is 11.6 Å². The Kier molecular flexibility index (Phi) is 4.95. The summed E-state index contributed by atoms with van der Waals surface area (Å²) in [5, 5.41) is 15.6. The molecule has 1 aliphatic rings. The maximum atomic E-state index is 5.19. The van der Waals surface area contributed by atoms with E-state index in [0.29, 0.717) is 12.6 Å². The van der Waals surface area contributed by atoms with Gasteiger partial charge in [-0.1, -0.05) is 12.1 Å². The molecule has 1 N–H and O–H groups in total. The van der Waals surface area contributed by atoms with Crippen LogP contribution in [0.4, 0.5) is 5.82 Å². The molecule has 0 aliphatic carbocycles. The quantitative estimate of drug-likeness (QED) is 0.831. The monoisotopic (exact) mass is 302 g/mol. The van der Waals surface area contributed by atoms with Gasteiger partial charge in [0.05, 0.1) is 6.54 Å². The third-order valence-electron chi connectivity index (χ3n) is 3.87. The number of hydrogen-bond acceptors (Lipinski definition) is 7. The highest BCUT2D eigenvalue weighted by molar-refractivity contribution is 5.39. The average molecular weight is 302 g/mol. The van der Waals surface area contributed by atoms with Gasteiger partial charge in [-0.05, 0) is 31.4 Å². The number of aryl methyl sites for hydroxylation is 1. The second-order valence-electron chi connectivity index (χ2n) is 5.56. The van der Waals surface area contributed by atoms with Crippen molar-refractivity contribution in [3.8, 4) is 0 Å². The normalized spacial score (nSPS) is 18.0. The number of rotatable bonds is 7. The Morgan fingerprint density at radius 3 is 3.23 bits per heavy atom. The molecule has 1 saturated heterocycles. The fourth-order valence-electron chi connectivity index (χ4n) is 2.82. The summed E-state index contributed by atoms with van der Waals surface area (Å²) in [4.78, 5) is 6.68. The van der Waals surface area contributed by atoms with Crippen molar-refractivity contribution in [1.82, 2.24) is 25.7 Å². The van der Waals surface area contributed by atoms with Gasteiger partial charge in [0, 0.05) is 31.7 Å². The largest absolute Gasteiger partial charge is 0.351 e. The van der Waals surface area contributed by atoms with Crippen LogP contribution in [0.15, 0.2) is 22.9 Å². The maximum Gasteiger partial charge on any atom is 0.226 e. The SMILES string of the molecule is CCCc1nc(CNC[C@H]2CCCN2c2cccnn2)no1. The number of nitrogens with one attached hydrogen (secondary N) is 1. The minimum Gasteiger partial charge on any atom is -0.351 e. The van der Waals surface area contributed by atoms with E-state index in [1.807, 2.05) is 12.1 Å². The predicted molar refractivity (Wildman–Crippen MR) is 82.4 cm³/mol. The van der Waals surface area contributed by atoms with Gasteiger partial charge in [0.2, 0.25) is 5.89 Å². The van der Waals surface area contributed by atoms with Crippen molar-refractivity contribution in [2.75, 3.05) is 18.0 Å². The molecule has 0 aromatic carbocycles. The molecule has 0 radical (unpaired) electrons. The molecule has 1 atom stereocenters. The summed E-state index contributed by atoms with van der Waals surface area (Å²) in [6.07, 6.45) is 5.92. The van der Waals surface area contributed by atoms with E-state index in [1.165, 1.54) is 6.42 Å². The zero-order valence-corrected chi connectivity index (χ0v) is 12.9. The van der Waals surface area contributed by atoms with Crippen LogP contribution in [0.1, 0.15) is 37.9 Å². The minimum atomic E-state index is 0.443. The summed E-state index contributed by atoms with van der Waals surface area (Å²) in [6, 6.07) is 4.39. The fourth-order valence-corrected chi connectivity index (χ4v) is 2.82. The van der Waals surface area contributed by atoms with Gasteiger partial charge in [-0.25, -0.2) is 0 Å². The predicted octanol–water partition coefficient (Wildman–Crippen LogP) is 1.57. The molecule has 7 heteroatoms. The average Bonchev–Trinajstić information content (AvgIpc) is 3.18. The van der Waals surface area contributed by atoms with Crippen LogP contribution in [0.2, 0.25) is 0 Å². The van der Waals surface area contributed by atoms with E-state index >= 15 is 0 Å². The lowest BCUT2D eigenvalue weighted by Crippen LogP contribution is -2.38. The zero-order valence-electron chi connectivity index (χ0n) is 12.9. The molecule has 0 spiro atoms. The van der Waals surface area contributed by atoms with Crippen LogP contribution in [0.3, 0.4) is 0 Å². The van der Waals surface area contributed by atoms with Crippen LogP contribution in [-0.4, -0.2) is 39.5 Å². The summed E-state index contributed by atoms with van der Waals surface area (Å²) < 4.78 is 5.19. The first-order valence-corrected chi connectivity index (χ1v) is 7.93. The Morgan fingerprint density at radius 1 is 1.45 bits per heavy atom. The van der Waals surface area contributed by atoms with E-state index in [4.69, 9.17) is 4.52 Å². The topological polar surface area (TPSA) is 80.0 Å². The first-order valence-electron chi connectivity index (χ1n) is 7.93. The fraction of sp³-hybridized carbons (Fsp3) is 0.600. The van der Waals surface area contributed by atoms with Gasteiger partial charge in [-0.3, -0.25) is 0 Å². The van der Waals surface area contributed by atoms with E-state index in [0.717, 1.165) is 49.9 Å². The van der Waals surface area contributed by atoms with Crippen molar-refractivity contribution < 1.29 is 4.52 Å². The van der Waals surface area contributed by atoms with Crippen molar-refractivity contribution in [2.24, 2.45) is 0 Å². The Bertz CT molecular complexity index is 572. The van der Waals surface area contributed by atoms with Crippen molar-refractivity contribution in [3.63, 3.8) is 0 Å². The Labute approximate surface area is 130 Å². The van der Waals surface area contributed by atoms with Crippen molar-refractivity contribution in [1.29, 1.82) is 0 Å². The highest BCUT2D eigenvalue weighted by Gasteiger charge is 2.25. The molecule has 0 amide bonds. The second-order valence-corrected chi connectivity index (χ2v) is 5.56. The van der Waals surface area contributed by atoms with Gasteiger partial charge < -0.3 is 14.7 Å². The van der Waals surface area contributed by atoms with Gasteiger partial charge in [0.1, 0.15) is 0 Å². The Morgan fingerprint density at radius 2 is 2.41 bits per heavy atom. The van der Waals surface area contributed by atoms with Gasteiger partial charge in [-0.15, -0.1) is 5.10 Å². The minimum absolute atomic E-state index is 0.443. The summed E-state index contributed by atoms with van der Waals surface area (Å²) in [5.74, 6) is 2.41. The van der Waals surface area contributed by atoms with E-state index < -0.39 is 0 Å². The molecule has 0 bridgehead atoms. The molecular formula is C15H22N6O. The Balaban J connectivity index is 1.50. The molecule has 118 valence electrons. The lowest BCUT2D eigenvalue weighted by Gasteiger charge is -2.25. The highest BCUT2D eigenvalue weighted by Crippen LogP contribution is 2.22. The number of nitrogens with zero attached hydrogens (tertiary/aromatic N) is 5. The lowest BCUT2D eigenvalue weighted by atomic mass is 10.2. The highest BCUT2D eigenvalue weighted by atomic mass is 16.5. The van der Waals surface area contributed by atoms with E-state index in [2.05, 4.69) is 37.5 Å². The van der Waals surface area contributed by atoms with Crippen molar-refractivity contribution in [2.45, 2.75) is 45.2 Å². The van der Waals surface area contributed by atoms with Crippen LogP contribution >= 0.6 is 0 Å². The molecule has 3 heterocycles. The molecular weight excluding hydrogens is 280 g/mol. The van der Waals surface area contributed by atoms with Gasteiger partial charge in [-0.2, -0.15) is 10.1 Å². The molecule has 22 heavy (non-hydrogen) atoms. The number of hydrogen-bond donors (Lipinski definition) is 1. The van der Waals surface area contributed by atoms with E-state index in [1.54, 1.807) is 6.20 Å².